The van der Waals surface area contributed by atoms with Crippen molar-refractivity contribution in [2.75, 3.05) is 19.6 Å². The van der Waals surface area contributed by atoms with Crippen LogP contribution in [-0.4, -0.2) is 43.6 Å². The van der Waals surface area contributed by atoms with Gasteiger partial charge in [0.25, 0.3) is 0 Å². The summed E-state index contributed by atoms with van der Waals surface area (Å²) in [6, 6.07) is 0.287. The second-order valence-electron chi connectivity index (χ2n) is 6.36. The van der Waals surface area contributed by atoms with Gasteiger partial charge in [-0.1, -0.05) is 12.8 Å². The molecule has 1 atom stereocenters. The van der Waals surface area contributed by atoms with Gasteiger partial charge in [-0.3, -0.25) is 0 Å². The third-order valence-corrected chi connectivity index (χ3v) is 7.37. The molecule has 0 aromatic carbocycles. The topological polar surface area (TPSA) is 49.4 Å². The summed E-state index contributed by atoms with van der Waals surface area (Å²) in [4.78, 5) is 0. The maximum absolute atomic E-state index is 12.7. The van der Waals surface area contributed by atoms with E-state index in [2.05, 4.69) is 5.32 Å². The third kappa shape index (κ3) is 2.98. The number of nitrogens with zero attached hydrogens (tertiary/aromatic N) is 1. The highest BCUT2D eigenvalue weighted by Gasteiger charge is 2.44. The normalized spacial score (nSPS) is 32.1. The summed E-state index contributed by atoms with van der Waals surface area (Å²) in [5, 5.41) is 3.34. The fourth-order valence-corrected chi connectivity index (χ4v) is 5.83. The van der Waals surface area contributed by atoms with Crippen molar-refractivity contribution in [3.8, 4) is 0 Å². The summed E-state index contributed by atoms with van der Waals surface area (Å²) in [7, 11) is -3.00. The van der Waals surface area contributed by atoms with Crippen molar-refractivity contribution in [2.24, 2.45) is 5.92 Å². The molecule has 0 bridgehead atoms. The van der Waals surface area contributed by atoms with Crippen LogP contribution in [0.2, 0.25) is 0 Å². The van der Waals surface area contributed by atoms with Gasteiger partial charge in [0, 0.05) is 12.6 Å². The Kier molecular flexibility index (Phi) is 4.15. The van der Waals surface area contributed by atoms with Gasteiger partial charge in [0.1, 0.15) is 0 Å². The van der Waals surface area contributed by atoms with E-state index in [4.69, 9.17) is 0 Å². The monoisotopic (exact) mass is 286 g/mol. The fourth-order valence-electron chi connectivity index (χ4n) is 3.68. The van der Waals surface area contributed by atoms with Crippen molar-refractivity contribution < 1.29 is 8.42 Å². The number of hydrogen-bond donors (Lipinski definition) is 1. The molecule has 2 saturated heterocycles. The highest BCUT2D eigenvalue weighted by atomic mass is 32.2. The molecular weight excluding hydrogens is 260 g/mol. The van der Waals surface area contributed by atoms with Crippen LogP contribution in [0.15, 0.2) is 0 Å². The van der Waals surface area contributed by atoms with Gasteiger partial charge in [-0.15, -0.1) is 0 Å². The molecule has 0 aromatic rings. The van der Waals surface area contributed by atoms with Crippen LogP contribution in [0.4, 0.5) is 0 Å². The number of piperidine rings is 1. The van der Waals surface area contributed by atoms with Crippen molar-refractivity contribution in [3.63, 3.8) is 0 Å². The summed E-state index contributed by atoms with van der Waals surface area (Å²) in [5.74, 6) is 0.577. The predicted octanol–water partition coefficient (Wildman–Crippen LogP) is 1.72. The summed E-state index contributed by atoms with van der Waals surface area (Å²) in [6.07, 6.45) is 8.58. The summed E-state index contributed by atoms with van der Waals surface area (Å²) in [5.41, 5.74) is 0. The zero-order valence-corrected chi connectivity index (χ0v) is 12.5. The minimum atomic E-state index is -3.00. The van der Waals surface area contributed by atoms with Crippen LogP contribution in [0.25, 0.3) is 0 Å². The van der Waals surface area contributed by atoms with Crippen LogP contribution in [0.5, 0.6) is 0 Å². The number of nitrogens with one attached hydrogen (secondary N) is 1. The average molecular weight is 286 g/mol. The predicted molar refractivity (Wildman–Crippen MR) is 76.5 cm³/mol. The maximum Gasteiger partial charge on any atom is 0.217 e. The van der Waals surface area contributed by atoms with Crippen LogP contribution in [0.1, 0.15) is 51.4 Å². The van der Waals surface area contributed by atoms with Gasteiger partial charge in [-0.05, 0) is 57.5 Å². The van der Waals surface area contributed by atoms with Gasteiger partial charge in [-0.25, -0.2) is 8.42 Å². The lowest BCUT2D eigenvalue weighted by Crippen LogP contribution is -2.48. The lowest BCUT2D eigenvalue weighted by atomic mass is 9.88. The number of hydrogen-bond acceptors (Lipinski definition) is 3. The number of sulfonamides is 1. The average Bonchev–Trinajstić information content (AvgIpc) is 3.26. The van der Waals surface area contributed by atoms with Gasteiger partial charge in [0.05, 0.1) is 5.25 Å². The zero-order valence-electron chi connectivity index (χ0n) is 11.7. The first-order valence-corrected chi connectivity index (χ1v) is 9.41. The molecular formula is C14H26N2O2S. The second kappa shape index (κ2) is 5.70. The van der Waals surface area contributed by atoms with Crippen molar-refractivity contribution in [1.82, 2.24) is 9.62 Å². The molecule has 1 N–H and O–H groups in total. The van der Waals surface area contributed by atoms with Crippen LogP contribution in [0.3, 0.4) is 0 Å². The van der Waals surface area contributed by atoms with Gasteiger partial charge in [-0.2, -0.15) is 4.31 Å². The smallest absolute Gasteiger partial charge is 0.217 e. The Bertz CT molecular complexity index is 400. The molecule has 1 aliphatic carbocycles. The first-order chi connectivity index (χ1) is 9.19. The van der Waals surface area contributed by atoms with Crippen LogP contribution >= 0.6 is 0 Å². The van der Waals surface area contributed by atoms with E-state index in [1.54, 1.807) is 0 Å². The summed E-state index contributed by atoms with van der Waals surface area (Å²) < 4.78 is 27.3. The van der Waals surface area contributed by atoms with E-state index in [-0.39, 0.29) is 11.3 Å². The molecule has 1 saturated carbocycles. The van der Waals surface area contributed by atoms with Gasteiger partial charge >= 0.3 is 0 Å². The highest BCUT2D eigenvalue weighted by Crippen LogP contribution is 2.37. The standard InChI is InChI=1S/C14H26N2O2S/c17-19(18,13-5-6-13)16-11-3-1-2-4-14(16)12-7-9-15-10-8-12/h12-15H,1-11H2. The largest absolute Gasteiger partial charge is 0.317 e. The lowest BCUT2D eigenvalue weighted by molar-refractivity contribution is 0.197. The SMILES string of the molecule is O=S(=O)(C1CC1)N1CCCCCC1C1CCNCC1. The molecule has 3 fully saturated rings. The molecule has 0 aromatic heterocycles. The van der Waals surface area contributed by atoms with Crippen molar-refractivity contribution in [1.29, 1.82) is 0 Å². The molecule has 1 unspecified atom stereocenters. The van der Waals surface area contributed by atoms with E-state index >= 15 is 0 Å². The first kappa shape index (κ1) is 13.8. The van der Waals surface area contributed by atoms with E-state index in [0.717, 1.165) is 58.2 Å². The Hall–Kier alpha value is -0.130. The molecule has 0 amide bonds. The molecule has 0 spiro atoms. The minimum Gasteiger partial charge on any atom is -0.317 e. The minimum absolute atomic E-state index is 0.0465. The second-order valence-corrected chi connectivity index (χ2v) is 8.52. The molecule has 3 aliphatic rings. The molecule has 4 nitrogen and oxygen atoms in total. The fraction of sp³-hybridized carbons (Fsp3) is 1.00. The Morgan fingerprint density at radius 2 is 1.63 bits per heavy atom. The molecule has 2 heterocycles. The van der Waals surface area contributed by atoms with Crippen molar-refractivity contribution in [3.05, 3.63) is 0 Å². The maximum atomic E-state index is 12.7. The van der Waals surface area contributed by atoms with Gasteiger partial charge < -0.3 is 5.32 Å². The van der Waals surface area contributed by atoms with Crippen LogP contribution in [-0.2, 0) is 10.0 Å². The van der Waals surface area contributed by atoms with Gasteiger partial charge in [0.15, 0.2) is 0 Å². The van der Waals surface area contributed by atoms with Crippen LogP contribution in [0, 0.1) is 5.92 Å². The summed E-state index contributed by atoms with van der Waals surface area (Å²) in [6.45, 7) is 2.88. The van der Waals surface area contributed by atoms with Crippen molar-refractivity contribution >= 4 is 10.0 Å². The molecule has 0 radical (unpaired) electrons. The zero-order chi connectivity index (χ0) is 13.3. The Balaban J connectivity index is 1.79. The Labute approximate surface area is 117 Å². The molecule has 2 aliphatic heterocycles. The first-order valence-electron chi connectivity index (χ1n) is 7.91. The Morgan fingerprint density at radius 1 is 0.895 bits per heavy atom. The van der Waals surface area contributed by atoms with E-state index < -0.39 is 10.0 Å². The Morgan fingerprint density at radius 3 is 2.32 bits per heavy atom. The van der Waals surface area contributed by atoms with E-state index in [9.17, 15) is 8.42 Å². The van der Waals surface area contributed by atoms with E-state index in [0.29, 0.717) is 5.92 Å². The van der Waals surface area contributed by atoms with Crippen molar-refractivity contribution in [2.45, 2.75) is 62.7 Å². The third-order valence-electron chi connectivity index (χ3n) is 4.95. The molecule has 3 rings (SSSR count). The highest BCUT2D eigenvalue weighted by molar-refractivity contribution is 7.90. The molecule has 5 heteroatoms. The quantitative estimate of drug-likeness (QED) is 0.859. The van der Waals surface area contributed by atoms with Crippen LogP contribution < -0.4 is 5.32 Å². The molecule has 110 valence electrons. The van der Waals surface area contributed by atoms with E-state index in [1.165, 1.54) is 12.8 Å². The van der Waals surface area contributed by atoms with E-state index in [1.807, 2.05) is 4.31 Å². The molecule has 19 heavy (non-hydrogen) atoms. The summed E-state index contributed by atoms with van der Waals surface area (Å²) >= 11 is 0. The lowest BCUT2D eigenvalue weighted by Gasteiger charge is -2.37. The number of rotatable bonds is 3. The van der Waals surface area contributed by atoms with Gasteiger partial charge in [0.2, 0.25) is 10.0 Å².